The fourth-order valence-corrected chi connectivity index (χ4v) is 3.35. The minimum Gasteiger partial charge on any atom is -0.372 e. The van der Waals surface area contributed by atoms with Crippen molar-refractivity contribution in [1.82, 2.24) is 20.3 Å². The lowest BCUT2D eigenvalue weighted by Gasteiger charge is -2.19. The van der Waals surface area contributed by atoms with Crippen LogP contribution in [0.4, 0.5) is 0 Å². The molecule has 2 atom stereocenters. The van der Waals surface area contributed by atoms with E-state index in [1.54, 1.807) is 0 Å². The second-order valence-corrected chi connectivity index (χ2v) is 6.40. The molecule has 1 N–H and O–H groups in total. The van der Waals surface area contributed by atoms with Crippen molar-refractivity contribution in [2.24, 2.45) is 13.0 Å². The van der Waals surface area contributed by atoms with Crippen LogP contribution in [0, 0.1) is 5.92 Å². The Morgan fingerprint density at radius 2 is 2.12 bits per heavy atom. The Hall–Kier alpha value is -2.44. The van der Waals surface area contributed by atoms with Crippen molar-refractivity contribution in [3.63, 3.8) is 0 Å². The second kappa shape index (κ2) is 7.21. The molecule has 3 heterocycles. The Morgan fingerprint density at radius 3 is 2.92 bits per heavy atom. The minimum atomic E-state index is 0.109. The molecule has 1 saturated heterocycles. The summed E-state index contributed by atoms with van der Waals surface area (Å²) < 4.78 is 13.3. The molecule has 6 heteroatoms. The Balaban J connectivity index is 1.33. The van der Waals surface area contributed by atoms with E-state index in [1.165, 1.54) is 0 Å². The predicted octanol–water partition coefficient (Wildman–Crippen LogP) is 2.94. The van der Waals surface area contributed by atoms with Gasteiger partial charge in [0.25, 0.3) is 0 Å². The van der Waals surface area contributed by atoms with Crippen molar-refractivity contribution in [3.8, 4) is 11.3 Å². The van der Waals surface area contributed by atoms with Gasteiger partial charge in [-0.3, -0.25) is 4.68 Å². The van der Waals surface area contributed by atoms with E-state index < -0.39 is 0 Å². The fourth-order valence-electron chi connectivity index (χ4n) is 3.35. The monoisotopic (exact) mass is 338 g/mol. The van der Waals surface area contributed by atoms with Crippen LogP contribution in [0.1, 0.15) is 23.9 Å². The molecule has 0 aliphatic carbocycles. The van der Waals surface area contributed by atoms with Gasteiger partial charge in [-0.2, -0.15) is 5.10 Å². The molecule has 130 valence electrons. The number of nitrogens with zero attached hydrogens (tertiary/aromatic N) is 3. The standard InChI is InChI=1S/C19H22N4O2/c1-23-17(7-9-21-23)19-15(8-10-24-19)12-20-13-16-11-18(25-22-16)14-5-3-2-4-6-14/h2-7,9,11,15,19-20H,8,10,12-13H2,1H3/t15-,19+/m0/s1. The highest BCUT2D eigenvalue weighted by Gasteiger charge is 2.31. The van der Waals surface area contributed by atoms with Gasteiger partial charge in [-0.1, -0.05) is 35.5 Å². The third kappa shape index (κ3) is 3.50. The summed E-state index contributed by atoms with van der Waals surface area (Å²) in [6, 6.07) is 14.0. The summed E-state index contributed by atoms with van der Waals surface area (Å²) in [6.07, 6.45) is 2.98. The van der Waals surface area contributed by atoms with E-state index in [1.807, 2.05) is 60.4 Å². The van der Waals surface area contributed by atoms with Crippen LogP contribution in [0.2, 0.25) is 0 Å². The quantitative estimate of drug-likeness (QED) is 0.748. The summed E-state index contributed by atoms with van der Waals surface area (Å²) >= 11 is 0. The zero-order valence-electron chi connectivity index (χ0n) is 14.3. The van der Waals surface area contributed by atoms with Gasteiger partial charge in [-0.15, -0.1) is 0 Å². The minimum absolute atomic E-state index is 0.109. The third-order valence-corrected chi connectivity index (χ3v) is 4.69. The summed E-state index contributed by atoms with van der Waals surface area (Å²) in [5.41, 5.74) is 3.09. The molecule has 1 aliphatic rings. The molecule has 2 aromatic heterocycles. The Kier molecular flexibility index (Phi) is 4.63. The number of aromatic nitrogens is 3. The van der Waals surface area contributed by atoms with Crippen LogP contribution in [0.5, 0.6) is 0 Å². The zero-order chi connectivity index (χ0) is 17.1. The van der Waals surface area contributed by atoms with Gasteiger partial charge in [-0.05, 0) is 12.5 Å². The van der Waals surface area contributed by atoms with Crippen LogP contribution in [0.25, 0.3) is 11.3 Å². The fraction of sp³-hybridized carbons (Fsp3) is 0.368. The molecule has 1 aliphatic heterocycles. The van der Waals surface area contributed by atoms with Gasteiger partial charge in [0.05, 0.1) is 11.4 Å². The topological polar surface area (TPSA) is 65.1 Å². The molecule has 25 heavy (non-hydrogen) atoms. The average molecular weight is 338 g/mol. The largest absolute Gasteiger partial charge is 0.372 e. The van der Waals surface area contributed by atoms with E-state index >= 15 is 0 Å². The number of aryl methyl sites for hydroxylation is 1. The van der Waals surface area contributed by atoms with Crippen LogP contribution >= 0.6 is 0 Å². The normalized spacial score (nSPS) is 20.2. The summed E-state index contributed by atoms with van der Waals surface area (Å²) in [5, 5.41) is 11.9. The van der Waals surface area contributed by atoms with E-state index in [2.05, 4.69) is 15.6 Å². The van der Waals surface area contributed by atoms with Gasteiger partial charge in [0.15, 0.2) is 5.76 Å². The second-order valence-electron chi connectivity index (χ2n) is 6.40. The molecular formula is C19H22N4O2. The number of rotatable bonds is 6. The Bertz CT molecular complexity index is 812. The SMILES string of the molecule is Cn1nccc1[C@@H]1OCC[C@H]1CNCc1cc(-c2ccccc2)on1. The van der Waals surface area contributed by atoms with Crippen LogP contribution in [-0.4, -0.2) is 28.1 Å². The molecule has 4 rings (SSSR count). The number of hydrogen-bond acceptors (Lipinski definition) is 5. The number of nitrogens with one attached hydrogen (secondary N) is 1. The van der Waals surface area contributed by atoms with Crippen molar-refractivity contribution in [2.75, 3.05) is 13.2 Å². The van der Waals surface area contributed by atoms with Crippen LogP contribution < -0.4 is 5.32 Å². The average Bonchev–Trinajstić information content (AvgIpc) is 3.37. The smallest absolute Gasteiger partial charge is 0.167 e. The molecule has 1 aromatic carbocycles. The predicted molar refractivity (Wildman–Crippen MR) is 93.7 cm³/mol. The van der Waals surface area contributed by atoms with Gasteiger partial charge >= 0.3 is 0 Å². The maximum Gasteiger partial charge on any atom is 0.167 e. The Morgan fingerprint density at radius 1 is 1.24 bits per heavy atom. The van der Waals surface area contributed by atoms with Gasteiger partial charge in [0.1, 0.15) is 6.10 Å². The molecule has 0 spiro atoms. The van der Waals surface area contributed by atoms with E-state index in [-0.39, 0.29) is 6.10 Å². The summed E-state index contributed by atoms with van der Waals surface area (Å²) in [6.45, 7) is 2.36. The maximum atomic E-state index is 5.92. The van der Waals surface area contributed by atoms with Gasteiger partial charge in [0, 0.05) is 50.5 Å². The molecule has 0 amide bonds. The number of benzene rings is 1. The molecule has 1 fully saturated rings. The first kappa shape index (κ1) is 16.1. The molecule has 0 radical (unpaired) electrons. The van der Waals surface area contributed by atoms with E-state index in [4.69, 9.17) is 9.26 Å². The number of ether oxygens (including phenoxy) is 1. The van der Waals surface area contributed by atoms with Gasteiger partial charge in [-0.25, -0.2) is 0 Å². The lowest BCUT2D eigenvalue weighted by atomic mass is 9.99. The van der Waals surface area contributed by atoms with Crippen molar-refractivity contribution >= 4 is 0 Å². The van der Waals surface area contributed by atoms with Crippen LogP contribution in [0.15, 0.2) is 53.2 Å². The molecular weight excluding hydrogens is 316 g/mol. The molecule has 0 unspecified atom stereocenters. The molecule has 3 aromatic rings. The van der Waals surface area contributed by atoms with Crippen molar-refractivity contribution < 1.29 is 9.26 Å². The van der Waals surface area contributed by atoms with Crippen molar-refractivity contribution in [2.45, 2.75) is 19.1 Å². The molecule has 0 saturated carbocycles. The van der Waals surface area contributed by atoms with Crippen molar-refractivity contribution in [3.05, 3.63) is 60.0 Å². The summed E-state index contributed by atoms with van der Waals surface area (Å²) in [4.78, 5) is 0. The van der Waals surface area contributed by atoms with Crippen LogP contribution in [0.3, 0.4) is 0 Å². The maximum absolute atomic E-state index is 5.92. The van der Waals surface area contributed by atoms with Crippen LogP contribution in [-0.2, 0) is 18.3 Å². The van der Waals surface area contributed by atoms with E-state index in [9.17, 15) is 0 Å². The first-order valence-electron chi connectivity index (χ1n) is 8.62. The summed E-state index contributed by atoms with van der Waals surface area (Å²) in [5.74, 6) is 1.24. The third-order valence-electron chi connectivity index (χ3n) is 4.69. The highest BCUT2D eigenvalue weighted by atomic mass is 16.5. The van der Waals surface area contributed by atoms with E-state index in [0.717, 1.165) is 42.3 Å². The number of hydrogen-bond donors (Lipinski definition) is 1. The Labute approximate surface area is 146 Å². The van der Waals surface area contributed by atoms with E-state index in [0.29, 0.717) is 12.5 Å². The van der Waals surface area contributed by atoms with Gasteiger partial charge < -0.3 is 14.6 Å². The first-order chi connectivity index (χ1) is 12.3. The van der Waals surface area contributed by atoms with Crippen molar-refractivity contribution in [1.29, 1.82) is 0 Å². The molecule has 0 bridgehead atoms. The zero-order valence-corrected chi connectivity index (χ0v) is 14.3. The van der Waals surface area contributed by atoms with Gasteiger partial charge in [0.2, 0.25) is 0 Å². The highest BCUT2D eigenvalue weighted by molar-refractivity contribution is 5.56. The summed E-state index contributed by atoms with van der Waals surface area (Å²) in [7, 11) is 1.96. The lowest BCUT2D eigenvalue weighted by Crippen LogP contribution is -2.25. The molecule has 6 nitrogen and oxygen atoms in total. The lowest BCUT2D eigenvalue weighted by molar-refractivity contribution is 0.0837. The highest BCUT2D eigenvalue weighted by Crippen LogP contribution is 2.33. The first-order valence-corrected chi connectivity index (χ1v) is 8.62.